The molecule has 1 heterocycles. The minimum Gasteiger partial charge on any atom is -0.326 e. The third-order valence-electron chi connectivity index (χ3n) is 6.57. The Hall–Kier alpha value is -2.92. The molecular formula is C27H30ClN3O5S2. The molecule has 38 heavy (non-hydrogen) atoms. The van der Waals surface area contributed by atoms with Gasteiger partial charge in [-0.25, -0.2) is 21.1 Å². The van der Waals surface area contributed by atoms with E-state index in [1.807, 2.05) is 26.0 Å². The van der Waals surface area contributed by atoms with E-state index in [1.54, 1.807) is 30.3 Å². The number of amides is 1. The van der Waals surface area contributed by atoms with E-state index in [1.165, 1.54) is 28.6 Å². The third-order valence-corrected chi connectivity index (χ3v) is 10.2. The van der Waals surface area contributed by atoms with Gasteiger partial charge in [-0.05, 0) is 74.2 Å². The van der Waals surface area contributed by atoms with Crippen molar-refractivity contribution in [2.24, 2.45) is 5.92 Å². The molecule has 0 saturated carbocycles. The van der Waals surface area contributed by atoms with Gasteiger partial charge in [0, 0.05) is 29.7 Å². The molecular weight excluding hydrogens is 546 g/mol. The second kappa shape index (κ2) is 11.4. The average molecular weight is 576 g/mol. The molecule has 4 rings (SSSR count). The molecule has 11 heteroatoms. The van der Waals surface area contributed by atoms with Crippen LogP contribution in [0.5, 0.6) is 0 Å². The van der Waals surface area contributed by atoms with Crippen LogP contribution in [0.4, 0.5) is 11.4 Å². The van der Waals surface area contributed by atoms with E-state index in [4.69, 9.17) is 11.6 Å². The topological polar surface area (TPSA) is 113 Å². The van der Waals surface area contributed by atoms with Crippen LogP contribution in [0.3, 0.4) is 0 Å². The standard InChI is InChI=1S/C27H30ClN3O5S2/c1-19-7-12-26(20(2)17-19)30-38(35,36)24-10-8-23(9-11-24)29-27(32)21-13-15-31(16-14-21)37(33,34)18-22-5-3-4-6-25(22)28/h3-12,17,21,30H,13-16,18H2,1-2H3,(H,29,32). The summed E-state index contributed by atoms with van der Waals surface area (Å²) in [4.78, 5) is 12.9. The number of aryl methyl sites for hydroxylation is 2. The molecule has 1 aliphatic heterocycles. The quantitative estimate of drug-likeness (QED) is 0.395. The highest BCUT2D eigenvalue weighted by Gasteiger charge is 2.31. The van der Waals surface area contributed by atoms with Crippen molar-refractivity contribution in [2.45, 2.75) is 37.3 Å². The molecule has 0 bridgehead atoms. The Kier molecular flexibility index (Phi) is 8.46. The van der Waals surface area contributed by atoms with Crippen LogP contribution in [0.1, 0.15) is 29.5 Å². The maximum absolute atomic E-state index is 12.8. The van der Waals surface area contributed by atoms with Crippen LogP contribution in [0.15, 0.2) is 71.6 Å². The number of hydrogen-bond donors (Lipinski definition) is 2. The second-order valence-corrected chi connectivity index (χ2v) is 13.5. The van der Waals surface area contributed by atoms with Crippen molar-refractivity contribution in [3.63, 3.8) is 0 Å². The smallest absolute Gasteiger partial charge is 0.261 e. The number of nitrogens with one attached hydrogen (secondary N) is 2. The van der Waals surface area contributed by atoms with Gasteiger partial charge in [0.05, 0.1) is 16.3 Å². The molecule has 8 nitrogen and oxygen atoms in total. The van der Waals surface area contributed by atoms with E-state index in [0.29, 0.717) is 34.8 Å². The Labute approximate surface area is 229 Å². The zero-order valence-corrected chi connectivity index (χ0v) is 23.5. The summed E-state index contributed by atoms with van der Waals surface area (Å²) in [5, 5.41) is 3.22. The minimum absolute atomic E-state index is 0.0764. The van der Waals surface area contributed by atoms with Crippen molar-refractivity contribution in [2.75, 3.05) is 23.1 Å². The highest BCUT2D eigenvalue weighted by molar-refractivity contribution is 7.92. The Bertz CT molecular complexity index is 1530. The zero-order chi connectivity index (χ0) is 27.5. The summed E-state index contributed by atoms with van der Waals surface area (Å²) < 4.78 is 55.3. The molecule has 202 valence electrons. The molecule has 0 radical (unpaired) electrons. The monoisotopic (exact) mass is 575 g/mol. The van der Waals surface area contributed by atoms with Crippen molar-refractivity contribution >= 4 is 48.9 Å². The summed E-state index contributed by atoms with van der Waals surface area (Å²) in [5.74, 6) is -0.759. The lowest BCUT2D eigenvalue weighted by molar-refractivity contribution is -0.120. The number of anilines is 2. The first kappa shape index (κ1) is 28.1. The van der Waals surface area contributed by atoms with Crippen molar-refractivity contribution in [1.29, 1.82) is 0 Å². The molecule has 1 aliphatic rings. The number of hydrogen-bond acceptors (Lipinski definition) is 5. The van der Waals surface area contributed by atoms with Crippen LogP contribution in [-0.4, -0.2) is 40.1 Å². The van der Waals surface area contributed by atoms with E-state index in [9.17, 15) is 21.6 Å². The molecule has 3 aromatic carbocycles. The highest BCUT2D eigenvalue weighted by atomic mass is 35.5. The van der Waals surface area contributed by atoms with Gasteiger partial charge in [-0.15, -0.1) is 0 Å². The number of carbonyl (C=O) groups excluding carboxylic acids is 1. The Morgan fingerprint density at radius 2 is 1.61 bits per heavy atom. The lowest BCUT2D eigenvalue weighted by Crippen LogP contribution is -2.41. The molecule has 3 aromatic rings. The summed E-state index contributed by atoms with van der Waals surface area (Å²) >= 11 is 6.12. The molecule has 2 N–H and O–H groups in total. The first-order valence-corrected chi connectivity index (χ1v) is 15.6. The number of benzene rings is 3. The third kappa shape index (κ3) is 6.74. The number of nitrogens with zero attached hydrogens (tertiary/aromatic N) is 1. The number of rotatable bonds is 8. The second-order valence-electron chi connectivity index (χ2n) is 9.46. The first-order valence-electron chi connectivity index (χ1n) is 12.2. The fraction of sp³-hybridized carbons (Fsp3) is 0.296. The van der Waals surface area contributed by atoms with Crippen molar-refractivity contribution in [1.82, 2.24) is 4.31 Å². The predicted molar refractivity (Wildman–Crippen MR) is 150 cm³/mol. The fourth-order valence-corrected chi connectivity index (χ4v) is 7.40. The number of piperidine rings is 1. The zero-order valence-electron chi connectivity index (χ0n) is 21.1. The normalized spacial score (nSPS) is 15.2. The van der Waals surface area contributed by atoms with Gasteiger partial charge in [0.2, 0.25) is 15.9 Å². The molecule has 0 atom stereocenters. The van der Waals surface area contributed by atoms with Crippen LogP contribution in [0.2, 0.25) is 5.02 Å². The Balaban J connectivity index is 1.33. The maximum Gasteiger partial charge on any atom is 0.261 e. The van der Waals surface area contributed by atoms with Crippen LogP contribution in [-0.2, 0) is 30.6 Å². The minimum atomic E-state index is -3.79. The number of sulfonamides is 2. The summed E-state index contributed by atoms with van der Waals surface area (Å²) in [6.07, 6.45) is 0.778. The number of carbonyl (C=O) groups is 1. The molecule has 1 amide bonds. The van der Waals surface area contributed by atoms with E-state index >= 15 is 0 Å². The fourth-order valence-electron chi connectivity index (χ4n) is 4.39. The van der Waals surface area contributed by atoms with Gasteiger partial charge in [0.15, 0.2) is 0 Å². The molecule has 1 saturated heterocycles. The number of halogens is 1. The molecule has 1 fully saturated rings. The van der Waals surface area contributed by atoms with Gasteiger partial charge in [-0.3, -0.25) is 9.52 Å². The van der Waals surface area contributed by atoms with Crippen molar-refractivity contribution < 1.29 is 21.6 Å². The first-order chi connectivity index (χ1) is 17.9. The van der Waals surface area contributed by atoms with Gasteiger partial charge in [0.25, 0.3) is 10.0 Å². The maximum atomic E-state index is 12.8. The van der Waals surface area contributed by atoms with Gasteiger partial charge in [-0.1, -0.05) is 47.5 Å². The predicted octanol–water partition coefficient (Wildman–Crippen LogP) is 4.94. The molecule has 0 aliphatic carbocycles. The van der Waals surface area contributed by atoms with Crippen LogP contribution >= 0.6 is 11.6 Å². The van der Waals surface area contributed by atoms with Crippen LogP contribution < -0.4 is 10.0 Å². The molecule has 0 unspecified atom stereocenters. The summed E-state index contributed by atoms with van der Waals surface area (Å²) in [5.41, 5.74) is 3.38. The van der Waals surface area contributed by atoms with Crippen molar-refractivity contribution in [3.8, 4) is 0 Å². The highest BCUT2D eigenvalue weighted by Crippen LogP contribution is 2.26. The largest absolute Gasteiger partial charge is 0.326 e. The van der Waals surface area contributed by atoms with Gasteiger partial charge in [0.1, 0.15) is 0 Å². The van der Waals surface area contributed by atoms with E-state index < -0.39 is 20.0 Å². The average Bonchev–Trinajstić information content (AvgIpc) is 2.87. The van der Waals surface area contributed by atoms with E-state index in [0.717, 1.165) is 11.1 Å². The van der Waals surface area contributed by atoms with Crippen molar-refractivity contribution in [3.05, 3.63) is 88.4 Å². The SMILES string of the molecule is Cc1ccc(NS(=O)(=O)c2ccc(NC(=O)C3CCN(S(=O)(=O)Cc4ccccc4Cl)CC3)cc2)c(C)c1. The summed E-state index contributed by atoms with van der Waals surface area (Å²) in [6, 6.07) is 18.3. The Morgan fingerprint density at radius 3 is 2.24 bits per heavy atom. The lowest BCUT2D eigenvalue weighted by atomic mass is 9.97. The summed E-state index contributed by atoms with van der Waals surface area (Å²) in [6.45, 7) is 4.26. The molecule has 0 spiro atoms. The van der Waals surface area contributed by atoms with Gasteiger partial charge in [-0.2, -0.15) is 0 Å². The Morgan fingerprint density at radius 1 is 0.947 bits per heavy atom. The molecule has 0 aromatic heterocycles. The lowest BCUT2D eigenvalue weighted by Gasteiger charge is -2.30. The van der Waals surface area contributed by atoms with E-state index in [-0.39, 0.29) is 35.6 Å². The van der Waals surface area contributed by atoms with Crippen LogP contribution in [0, 0.1) is 19.8 Å². The van der Waals surface area contributed by atoms with Crippen LogP contribution in [0.25, 0.3) is 0 Å². The van der Waals surface area contributed by atoms with Gasteiger partial charge >= 0.3 is 0 Å². The summed E-state index contributed by atoms with van der Waals surface area (Å²) in [7, 11) is -7.35. The van der Waals surface area contributed by atoms with Gasteiger partial charge < -0.3 is 5.32 Å². The van der Waals surface area contributed by atoms with E-state index in [2.05, 4.69) is 10.0 Å².